The smallest absolute Gasteiger partial charge is 0.170 e. The lowest BCUT2D eigenvalue weighted by molar-refractivity contribution is 0.0298. The highest BCUT2D eigenvalue weighted by atomic mass is 16.5. The summed E-state index contributed by atoms with van der Waals surface area (Å²) >= 11 is 0. The molecule has 1 aliphatic carbocycles. The molecule has 5 nitrogen and oxygen atoms in total. The maximum absolute atomic E-state index is 12.9. The van der Waals surface area contributed by atoms with Crippen molar-refractivity contribution in [1.29, 1.82) is 0 Å². The third-order valence-electron chi connectivity index (χ3n) is 6.19. The minimum Gasteiger partial charge on any atom is -0.507 e. The van der Waals surface area contributed by atoms with Crippen LogP contribution in [-0.4, -0.2) is 27.9 Å². The van der Waals surface area contributed by atoms with E-state index < -0.39 is 11.4 Å². The number of fused-ring (bicyclic) bond motifs is 2. The predicted octanol–water partition coefficient (Wildman–Crippen LogP) is 4.68. The Kier molecular flexibility index (Phi) is 5.30. The number of Topliss-reactive ketones (excluding diaryl/α,β-unsaturated/α-hetero) is 1. The molecule has 1 aliphatic heterocycles. The van der Waals surface area contributed by atoms with Crippen molar-refractivity contribution in [3.63, 3.8) is 0 Å². The molecule has 1 heterocycles. The molecule has 2 aliphatic rings. The molecule has 0 radical (unpaired) electrons. The number of aldehydes is 1. The number of ether oxygens (including phenoxy) is 1. The molecule has 2 N–H and O–H groups in total. The Bertz CT molecular complexity index is 836. The summed E-state index contributed by atoms with van der Waals surface area (Å²) in [5, 5.41) is 21.2. The van der Waals surface area contributed by atoms with Gasteiger partial charge in [0.1, 0.15) is 28.4 Å². The Morgan fingerprint density at radius 2 is 1.96 bits per heavy atom. The second-order valence-electron chi connectivity index (χ2n) is 9.12. The first-order valence-electron chi connectivity index (χ1n) is 10.1. The molecule has 3 atom stereocenters. The van der Waals surface area contributed by atoms with Gasteiger partial charge in [0.2, 0.25) is 0 Å². The van der Waals surface area contributed by atoms with Crippen molar-refractivity contribution in [2.45, 2.75) is 59.5 Å². The second-order valence-corrected chi connectivity index (χ2v) is 9.12. The summed E-state index contributed by atoms with van der Waals surface area (Å²) in [5.74, 6) is 0.274. The number of carbonyl (C=O) groups is 2. The standard InChI is InChI=1S/C23H30O5/c1-12(2)8-18(25)19-21(27)17(11-24)20(26)16-10-15-9-14(13(3)4)6-7-23(15,5)28-22(16)19/h6-7,11-15,26-27H,8-10H2,1-5H3/t14?,15-,23-/m1/s1. The van der Waals surface area contributed by atoms with Gasteiger partial charge in [0.25, 0.3) is 0 Å². The maximum atomic E-state index is 12.9. The molecule has 0 spiro atoms. The highest BCUT2D eigenvalue weighted by Gasteiger charge is 2.46. The fraction of sp³-hybridized carbons (Fsp3) is 0.565. The lowest BCUT2D eigenvalue weighted by Gasteiger charge is -2.45. The van der Waals surface area contributed by atoms with Crippen molar-refractivity contribution in [2.75, 3.05) is 0 Å². The van der Waals surface area contributed by atoms with Crippen LogP contribution in [0.5, 0.6) is 17.2 Å². The van der Waals surface area contributed by atoms with Gasteiger partial charge in [-0.3, -0.25) is 9.59 Å². The normalized spacial score (nSPS) is 26.0. The number of aromatic hydroxyl groups is 2. The van der Waals surface area contributed by atoms with Crippen LogP contribution in [0, 0.1) is 23.7 Å². The maximum Gasteiger partial charge on any atom is 0.170 e. The number of benzene rings is 1. The lowest BCUT2D eigenvalue weighted by Crippen LogP contribution is -2.47. The zero-order valence-electron chi connectivity index (χ0n) is 17.3. The van der Waals surface area contributed by atoms with E-state index in [1.165, 1.54) is 0 Å². The Balaban J connectivity index is 2.15. The van der Waals surface area contributed by atoms with E-state index in [0.717, 1.165) is 6.42 Å². The number of phenols is 2. The van der Waals surface area contributed by atoms with Crippen LogP contribution in [0.4, 0.5) is 0 Å². The highest BCUT2D eigenvalue weighted by molar-refractivity contribution is 6.05. The number of allylic oxidation sites excluding steroid dienone is 1. The first-order valence-corrected chi connectivity index (χ1v) is 10.1. The largest absolute Gasteiger partial charge is 0.507 e. The molecule has 152 valence electrons. The molecule has 0 saturated heterocycles. The summed E-state index contributed by atoms with van der Waals surface area (Å²) in [4.78, 5) is 24.4. The third kappa shape index (κ3) is 3.31. The van der Waals surface area contributed by atoms with Gasteiger partial charge in [0, 0.05) is 17.9 Å². The van der Waals surface area contributed by atoms with Gasteiger partial charge < -0.3 is 14.9 Å². The molecule has 0 bridgehead atoms. The summed E-state index contributed by atoms with van der Waals surface area (Å²) in [6, 6.07) is 0. The summed E-state index contributed by atoms with van der Waals surface area (Å²) in [6.07, 6.45) is 6.24. The highest BCUT2D eigenvalue weighted by Crippen LogP contribution is 2.52. The average molecular weight is 386 g/mol. The Labute approximate surface area is 166 Å². The minimum atomic E-state index is -0.618. The van der Waals surface area contributed by atoms with Crippen molar-refractivity contribution >= 4 is 12.1 Å². The van der Waals surface area contributed by atoms with E-state index in [0.29, 0.717) is 30.1 Å². The Hall–Kier alpha value is -2.30. The second kappa shape index (κ2) is 7.26. The van der Waals surface area contributed by atoms with Crippen LogP contribution < -0.4 is 4.74 Å². The third-order valence-corrected chi connectivity index (χ3v) is 6.19. The average Bonchev–Trinajstić information content (AvgIpc) is 2.59. The molecule has 28 heavy (non-hydrogen) atoms. The minimum absolute atomic E-state index is 0.0164. The van der Waals surface area contributed by atoms with E-state index >= 15 is 0 Å². The molecule has 3 rings (SSSR count). The van der Waals surface area contributed by atoms with Crippen LogP contribution in [0.1, 0.15) is 73.7 Å². The van der Waals surface area contributed by atoms with E-state index in [-0.39, 0.29) is 46.7 Å². The summed E-state index contributed by atoms with van der Waals surface area (Å²) in [7, 11) is 0. The summed E-state index contributed by atoms with van der Waals surface area (Å²) in [5.41, 5.74) is -0.382. The van der Waals surface area contributed by atoms with E-state index in [9.17, 15) is 19.8 Å². The van der Waals surface area contributed by atoms with Gasteiger partial charge in [-0.15, -0.1) is 0 Å². The molecule has 5 heteroatoms. The molecule has 0 amide bonds. The Morgan fingerprint density at radius 1 is 1.29 bits per heavy atom. The van der Waals surface area contributed by atoms with Gasteiger partial charge in [0.15, 0.2) is 12.1 Å². The van der Waals surface area contributed by atoms with E-state index in [1.807, 2.05) is 26.8 Å². The summed E-state index contributed by atoms with van der Waals surface area (Å²) in [6.45, 7) is 10.2. The van der Waals surface area contributed by atoms with E-state index in [4.69, 9.17) is 4.74 Å². The zero-order valence-corrected chi connectivity index (χ0v) is 17.3. The fourth-order valence-electron chi connectivity index (χ4n) is 4.38. The van der Waals surface area contributed by atoms with Gasteiger partial charge in [0.05, 0.1) is 5.56 Å². The number of hydrogen-bond acceptors (Lipinski definition) is 5. The van der Waals surface area contributed by atoms with Gasteiger partial charge in [-0.05, 0) is 43.6 Å². The SMILES string of the molecule is CC(C)CC(=O)c1c(O)c(C=O)c(O)c2c1O[C@]1(C)C=CC(C(C)C)C[C@@H]1C2. The number of carbonyl (C=O) groups excluding carboxylic acids is 2. The van der Waals surface area contributed by atoms with E-state index in [1.54, 1.807) is 0 Å². The van der Waals surface area contributed by atoms with Gasteiger partial charge in [-0.2, -0.15) is 0 Å². The molecular formula is C23H30O5. The monoisotopic (exact) mass is 386 g/mol. The number of hydrogen-bond donors (Lipinski definition) is 2. The topological polar surface area (TPSA) is 83.8 Å². The first-order chi connectivity index (χ1) is 13.1. The van der Waals surface area contributed by atoms with Gasteiger partial charge in [-0.1, -0.05) is 33.8 Å². The number of ketones is 1. The molecule has 0 saturated carbocycles. The molecule has 0 fully saturated rings. The molecule has 1 aromatic rings. The van der Waals surface area contributed by atoms with Crippen molar-refractivity contribution in [3.8, 4) is 17.2 Å². The quantitative estimate of drug-likeness (QED) is 0.436. The zero-order chi connectivity index (χ0) is 20.8. The van der Waals surface area contributed by atoms with Crippen LogP contribution in [0.2, 0.25) is 0 Å². The van der Waals surface area contributed by atoms with Gasteiger partial charge in [-0.25, -0.2) is 0 Å². The fourth-order valence-corrected chi connectivity index (χ4v) is 4.38. The predicted molar refractivity (Wildman–Crippen MR) is 107 cm³/mol. The number of rotatable bonds is 5. The van der Waals surface area contributed by atoms with Crippen LogP contribution in [-0.2, 0) is 6.42 Å². The number of phenolic OH excluding ortho intramolecular Hbond substituents is 2. The van der Waals surface area contributed by atoms with Crippen molar-refractivity contribution in [2.24, 2.45) is 23.7 Å². The molecular weight excluding hydrogens is 356 g/mol. The van der Waals surface area contributed by atoms with Crippen molar-refractivity contribution in [3.05, 3.63) is 28.8 Å². The van der Waals surface area contributed by atoms with Crippen LogP contribution in [0.25, 0.3) is 0 Å². The van der Waals surface area contributed by atoms with Crippen LogP contribution in [0.3, 0.4) is 0 Å². The van der Waals surface area contributed by atoms with Crippen LogP contribution >= 0.6 is 0 Å². The lowest BCUT2D eigenvalue weighted by atomic mass is 9.69. The Morgan fingerprint density at radius 3 is 2.54 bits per heavy atom. The molecule has 0 aromatic heterocycles. The summed E-state index contributed by atoms with van der Waals surface area (Å²) < 4.78 is 6.30. The van der Waals surface area contributed by atoms with Crippen LogP contribution in [0.15, 0.2) is 12.2 Å². The van der Waals surface area contributed by atoms with Crippen molar-refractivity contribution < 1.29 is 24.5 Å². The van der Waals surface area contributed by atoms with E-state index in [2.05, 4.69) is 19.9 Å². The van der Waals surface area contributed by atoms with Gasteiger partial charge >= 0.3 is 0 Å². The molecule has 1 aromatic carbocycles. The molecule has 1 unspecified atom stereocenters. The first kappa shape index (κ1) is 20.4. The van der Waals surface area contributed by atoms with Crippen molar-refractivity contribution in [1.82, 2.24) is 0 Å².